The van der Waals surface area contributed by atoms with Gasteiger partial charge in [0.1, 0.15) is 0 Å². The summed E-state index contributed by atoms with van der Waals surface area (Å²) in [7, 11) is 0. The smallest absolute Gasteiger partial charge is 0.549 e. The van der Waals surface area contributed by atoms with Crippen molar-refractivity contribution in [3.8, 4) is 0 Å². The molecule has 5 nitrogen and oxygen atoms in total. The number of hydrogen-bond donors (Lipinski definition) is 1. The normalized spacial score (nSPS) is 12.3. The molecule has 0 aromatic heterocycles. The quantitative estimate of drug-likeness (QED) is 0.591. The van der Waals surface area contributed by atoms with E-state index in [1.54, 1.807) is 30.3 Å². The Morgan fingerprint density at radius 3 is 2.08 bits per heavy atom. The Morgan fingerprint density at radius 1 is 1.00 bits per heavy atom. The zero-order chi connectivity index (χ0) is 18.2. The number of thioether (sulfide) groups is 1. The second-order valence-corrected chi connectivity index (χ2v) is 6.61. The molecule has 2 rings (SSSR count). The molecule has 0 fully saturated rings. The topological polar surface area (TPSA) is 86.3 Å². The van der Waals surface area contributed by atoms with Crippen molar-refractivity contribution < 1.29 is 49.0 Å². The molecule has 0 saturated heterocycles. The van der Waals surface area contributed by atoms with Crippen molar-refractivity contribution >= 4 is 28.8 Å². The van der Waals surface area contributed by atoms with E-state index in [-0.39, 0.29) is 41.9 Å². The Morgan fingerprint density at radius 2 is 1.54 bits per heavy atom. The van der Waals surface area contributed by atoms with Gasteiger partial charge in [-0.25, -0.2) is 0 Å². The van der Waals surface area contributed by atoms with Crippen LogP contribution in [0.2, 0.25) is 0 Å². The average molecular weight is 379 g/mol. The van der Waals surface area contributed by atoms with Gasteiger partial charge in [-0.15, -0.1) is 0 Å². The molecule has 0 spiro atoms. The predicted molar refractivity (Wildman–Crippen MR) is 94.5 cm³/mol. The summed E-state index contributed by atoms with van der Waals surface area (Å²) in [6.45, 7) is 1.54. The summed E-state index contributed by atoms with van der Waals surface area (Å²) in [6.07, 6.45) is 0.158. The molecule has 0 aliphatic heterocycles. The summed E-state index contributed by atoms with van der Waals surface area (Å²) < 4.78 is 0. The van der Waals surface area contributed by atoms with E-state index < -0.39 is 22.4 Å². The fourth-order valence-electron chi connectivity index (χ4n) is 2.23. The third-order valence-electron chi connectivity index (χ3n) is 3.49. The summed E-state index contributed by atoms with van der Waals surface area (Å²) in [5, 5.41) is 12.4. The molecule has 1 amide bonds. The standard InChI is InChI=1S/C19H19NO4S.Na/c1-13(20-16(21)12-14-8-4-2-5-9-14)19(24)25-17(18(22)23)15-10-6-3-7-11-15;/h2-11,13,17H,12H2,1H3,(H,20,21)(H,22,23);/q;+1/p-1/t13-,17?;/m1./s1. The number of amides is 1. The maximum Gasteiger partial charge on any atom is 1.00 e. The molecule has 0 radical (unpaired) electrons. The first-order valence-electron chi connectivity index (χ1n) is 7.77. The van der Waals surface area contributed by atoms with Crippen LogP contribution in [0.1, 0.15) is 23.3 Å². The van der Waals surface area contributed by atoms with Crippen LogP contribution in [0, 0.1) is 0 Å². The molecule has 2 aromatic rings. The minimum absolute atomic E-state index is 0. The largest absolute Gasteiger partial charge is 1.00 e. The van der Waals surface area contributed by atoms with Gasteiger partial charge in [-0.05, 0) is 18.1 Å². The summed E-state index contributed by atoms with van der Waals surface area (Å²) in [4.78, 5) is 35.6. The van der Waals surface area contributed by atoms with Gasteiger partial charge < -0.3 is 15.2 Å². The maximum atomic E-state index is 12.3. The van der Waals surface area contributed by atoms with Crippen molar-refractivity contribution in [2.24, 2.45) is 0 Å². The van der Waals surface area contributed by atoms with Gasteiger partial charge in [0.2, 0.25) is 11.0 Å². The molecule has 1 unspecified atom stereocenters. The van der Waals surface area contributed by atoms with E-state index in [1.807, 2.05) is 30.3 Å². The van der Waals surface area contributed by atoms with E-state index in [9.17, 15) is 19.5 Å². The number of carbonyl (C=O) groups is 3. The average Bonchev–Trinajstić information content (AvgIpc) is 2.60. The molecule has 0 heterocycles. The van der Waals surface area contributed by atoms with Crippen molar-refractivity contribution in [1.82, 2.24) is 5.32 Å². The zero-order valence-electron chi connectivity index (χ0n) is 14.7. The first-order valence-corrected chi connectivity index (χ1v) is 8.65. The fourth-order valence-corrected chi connectivity index (χ4v) is 3.12. The van der Waals surface area contributed by atoms with Crippen LogP contribution in [-0.2, 0) is 20.8 Å². The van der Waals surface area contributed by atoms with E-state index in [1.165, 1.54) is 6.92 Å². The van der Waals surface area contributed by atoms with Crippen LogP contribution in [0.4, 0.5) is 0 Å². The predicted octanol–water partition coefficient (Wildman–Crippen LogP) is -1.51. The van der Waals surface area contributed by atoms with Crippen LogP contribution in [0.25, 0.3) is 0 Å². The third kappa shape index (κ3) is 6.96. The minimum atomic E-state index is -1.34. The van der Waals surface area contributed by atoms with Crippen molar-refractivity contribution in [3.63, 3.8) is 0 Å². The Labute approximate surface area is 178 Å². The van der Waals surface area contributed by atoms with Gasteiger partial charge in [0.05, 0.1) is 23.7 Å². The molecule has 26 heavy (non-hydrogen) atoms. The summed E-state index contributed by atoms with van der Waals surface area (Å²) in [5.74, 6) is -1.63. The number of carboxylic acids is 1. The van der Waals surface area contributed by atoms with E-state index >= 15 is 0 Å². The fraction of sp³-hybridized carbons (Fsp3) is 0.211. The second-order valence-electron chi connectivity index (χ2n) is 5.50. The molecule has 2 atom stereocenters. The first-order chi connectivity index (χ1) is 12.0. The maximum absolute atomic E-state index is 12.3. The molecule has 0 aliphatic carbocycles. The van der Waals surface area contributed by atoms with Gasteiger partial charge in [-0.2, -0.15) is 0 Å². The molecular weight excluding hydrogens is 361 g/mol. The minimum Gasteiger partial charge on any atom is -0.549 e. The van der Waals surface area contributed by atoms with Crippen molar-refractivity contribution in [1.29, 1.82) is 0 Å². The van der Waals surface area contributed by atoms with Gasteiger partial charge in [0.15, 0.2) is 0 Å². The summed E-state index contributed by atoms with van der Waals surface area (Å²) in [6, 6.07) is 16.8. The summed E-state index contributed by atoms with van der Waals surface area (Å²) in [5.41, 5.74) is 1.31. The van der Waals surface area contributed by atoms with Gasteiger partial charge in [0, 0.05) is 0 Å². The van der Waals surface area contributed by atoms with E-state index in [0.717, 1.165) is 5.56 Å². The summed E-state index contributed by atoms with van der Waals surface area (Å²) >= 11 is 0.647. The Kier molecular flexibility index (Phi) is 9.65. The number of rotatable bonds is 7. The number of aliphatic carboxylic acids is 1. The van der Waals surface area contributed by atoms with Crippen molar-refractivity contribution in [3.05, 3.63) is 71.8 Å². The first kappa shape index (κ1) is 22.4. The number of benzene rings is 2. The number of carbonyl (C=O) groups excluding carboxylic acids is 3. The van der Waals surface area contributed by atoms with Crippen LogP contribution in [0.3, 0.4) is 0 Å². The van der Waals surface area contributed by atoms with E-state index in [0.29, 0.717) is 17.3 Å². The molecule has 0 aliphatic rings. The van der Waals surface area contributed by atoms with Crippen LogP contribution in [0.15, 0.2) is 60.7 Å². The van der Waals surface area contributed by atoms with Gasteiger partial charge in [-0.1, -0.05) is 72.4 Å². The molecule has 1 N–H and O–H groups in total. The monoisotopic (exact) mass is 379 g/mol. The molecular formula is C19H18NNaO4S. The molecule has 2 aromatic carbocycles. The van der Waals surface area contributed by atoms with Crippen molar-refractivity contribution in [2.45, 2.75) is 24.6 Å². The molecule has 7 heteroatoms. The Balaban J connectivity index is 0.00000338. The second kappa shape index (κ2) is 11.2. The number of hydrogen-bond acceptors (Lipinski definition) is 5. The van der Waals surface area contributed by atoms with Gasteiger partial charge in [0.25, 0.3) is 0 Å². The SMILES string of the molecule is C[C@@H](NC(=O)Cc1ccccc1)C(=O)SC(C(=O)[O-])c1ccccc1.[Na+]. The third-order valence-corrected chi connectivity index (χ3v) is 4.78. The number of nitrogens with one attached hydrogen (secondary N) is 1. The van der Waals surface area contributed by atoms with Crippen LogP contribution < -0.4 is 40.0 Å². The van der Waals surface area contributed by atoms with Gasteiger partial charge >= 0.3 is 29.6 Å². The molecule has 0 bridgehead atoms. The zero-order valence-corrected chi connectivity index (χ0v) is 17.5. The van der Waals surface area contributed by atoms with Gasteiger partial charge in [-0.3, -0.25) is 9.59 Å². The van der Waals surface area contributed by atoms with Crippen LogP contribution in [0.5, 0.6) is 0 Å². The van der Waals surface area contributed by atoms with Crippen molar-refractivity contribution in [2.75, 3.05) is 0 Å². The van der Waals surface area contributed by atoms with Crippen LogP contribution >= 0.6 is 11.8 Å². The van der Waals surface area contributed by atoms with E-state index in [4.69, 9.17) is 0 Å². The molecule has 130 valence electrons. The molecule has 0 saturated carbocycles. The number of carboxylic acid groups (broad SMARTS) is 1. The Bertz CT molecular complexity index is 740. The van der Waals surface area contributed by atoms with Crippen LogP contribution in [-0.4, -0.2) is 23.0 Å². The van der Waals surface area contributed by atoms with E-state index in [2.05, 4.69) is 5.32 Å². The Hall–Kier alpha value is -1.60.